The fourth-order valence-corrected chi connectivity index (χ4v) is 1.10. The minimum atomic E-state index is -0.748. The third-order valence-electron chi connectivity index (χ3n) is 1.98. The summed E-state index contributed by atoms with van der Waals surface area (Å²) in [5, 5.41) is 0. The van der Waals surface area contributed by atoms with Crippen molar-refractivity contribution >= 4 is 17.9 Å². The number of rotatable bonds is 8. The molecule has 0 aliphatic carbocycles. The summed E-state index contributed by atoms with van der Waals surface area (Å²) >= 11 is 0. The Morgan fingerprint density at radius 3 is 1.89 bits per heavy atom. The lowest BCUT2D eigenvalue weighted by Gasteiger charge is -2.17. The van der Waals surface area contributed by atoms with Crippen LogP contribution in [0.25, 0.3) is 0 Å². The van der Waals surface area contributed by atoms with E-state index in [1.54, 1.807) is 0 Å². The van der Waals surface area contributed by atoms with Gasteiger partial charge in [0.15, 0.2) is 6.10 Å². The molecule has 0 saturated heterocycles. The van der Waals surface area contributed by atoms with E-state index in [1.807, 2.05) is 6.92 Å². The lowest BCUT2D eigenvalue weighted by molar-refractivity contribution is -0.165. The Morgan fingerprint density at radius 1 is 1.00 bits per heavy atom. The highest BCUT2D eigenvalue weighted by atomic mass is 16.6. The van der Waals surface area contributed by atoms with E-state index in [9.17, 15) is 14.4 Å². The second-order valence-corrected chi connectivity index (χ2v) is 3.82. The van der Waals surface area contributed by atoms with Crippen molar-refractivity contribution in [2.45, 2.75) is 46.1 Å². The largest absolute Gasteiger partial charge is 0.462 e. The average Bonchev–Trinajstić information content (AvgIpc) is 2.29. The van der Waals surface area contributed by atoms with Gasteiger partial charge in [0.05, 0.1) is 0 Å². The second-order valence-electron chi connectivity index (χ2n) is 3.82. The second kappa shape index (κ2) is 9.44. The van der Waals surface area contributed by atoms with E-state index in [1.165, 1.54) is 13.8 Å². The lowest BCUT2D eigenvalue weighted by Crippen LogP contribution is -2.30. The molecule has 0 N–H and O–H groups in total. The van der Waals surface area contributed by atoms with Crippen molar-refractivity contribution in [2.75, 3.05) is 13.2 Å². The summed E-state index contributed by atoms with van der Waals surface area (Å²) in [7, 11) is 0. The van der Waals surface area contributed by atoms with Crippen LogP contribution in [0.5, 0.6) is 0 Å². The zero-order chi connectivity index (χ0) is 14.0. The van der Waals surface area contributed by atoms with Gasteiger partial charge in [-0.15, -0.1) is 0 Å². The van der Waals surface area contributed by atoms with Gasteiger partial charge in [-0.2, -0.15) is 0 Å². The number of ether oxygens (including phenoxy) is 3. The van der Waals surface area contributed by atoms with Crippen molar-refractivity contribution in [3.8, 4) is 0 Å². The Balaban J connectivity index is 4.13. The van der Waals surface area contributed by atoms with Crippen LogP contribution in [-0.2, 0) is 28.6 Å². The van der Waals surface area contributed by atoms with Gasteiger partial charge in [0, 0.05) is 20.3 Å². The Labute approximate surface area is 107 Å². The molecule has 0 aromatic heterocycles. The van der Waals surface area contributed by atoms with Crippen LogP contribution in [0.4, 0.5) is 0 Å². The first kappa shape index (κ1) is 16.4. The number of hydrogen-bond donors (Lipinski definition) is 0. The maximum atomic E-state index is 11.4. The molecule has 0 saturated carbocycles. The molecule has 0 aliphatic rings. The first-order chi connectivity index (χ1) is 8.45. The highest BCUT2D eigenvalue weighted by Crippen LogP contribution is 2.02. The van der Waals surface area contributed by atoms with Gasteiger partial charge in [-0.25, -0.2) is 0 Å². The predicted octanol–water partition coefficient (Wildman–Crippen LogP) is 1.21. The minimum absolute atomic E-state index is 0.111. The van der Waals surface area contributed by atoms with E-state index in [-0.39, 0.29) is 19.2 Å². The van der Waals surface area contributed by atoms with Crippen molar-refractivity contribution in [3.05, 3.63) is 0 Å². The van der Waals surface area contributed by atoms with Crippen LogP contribution in [0.1, 0.15) is 40.0 Å². The summed E-state index contributed by atoms with van der Waals surface area (Å²) in [6, 6.07) is 0. The van der Waals surface area contributed by atoms with Crippen LogP contribution in [0, 0.1) is 0 Å². The molecule has 0 bridgehead atoms. The van der Waals surface area contributed by atoms with E-state index in [2.05, 4.69) is 0 Å². The molecule has 18 heavy (non-hydrogen) atoms. The lowest BCUT2D eigenvalue weighted by atomic mass is 10.2. The molecule has 0 aromatic carbocycles. The third kappa shape index (κ3) is 9.62. The predicted molar refractivity (Wildman–Crippen MR) is 62.7 cm³/mol. The molecule has 6 nitrogen and oxygen atoms in total. The molecule has 0 aromatic rings. The molecule has 0 atom stereocenters. The normalized spacial score (nSPS) is 10.0. The number of carbonyl (C=O) groups is 3. The number of unbranched alkanes of at least 4 members (excludes halogenated alkanes) is 1. The van der Waals surface area contributed by atoms with Gasteiger partial charge in [-0.05, 0) is 6.42 Å². The molecule has 0 amide bonds. The van der Waals surface area contributed by atoms with Gasteiger partial charge in [-0.1, -0.05) is 13.3 Å². The van der Waals surface area contributed by atoms with Gasteiger partial charge < -0.3 is 14.2 Å². The Morgan fingerprint density at radius 2 is 1.50 bits per heavy atom. The number of hydrogen-bond acceptors (Lipinski definition) is 6. The summed E-state index contributed by atoms with van der Waals surface area (Å²) in [5.41, 5.74) is 0. The first-order valence-electron chi connectivity index (χ1n) is 5.91. The average molecular weight is 260 g/mol. The van der Waals surface area contributed by atoms with E-state index in [0.717, 1.165) is 12.8 Å². The minimum Gasteiger partial charge on any atom is -0.462 e. The van der Waals surface area contributed by atoms with Crippen molar-refractivity contribution in [2.24, 2.45) is 0 Å². The molecule has 6 heteroatoms. The van der Waals surface area contributed by atoms with E-state index in [0.29, 0.717) is 6.42 Å². The third-order valence-corrected chi connectivity index (χ3v) is 1.98. The smallest absolute Gasteiger partial charge is 0.306 e. The van der Waals surface area contributed by atoms with Gasteiger partial charge in [0.25, 0.3) is 0 Å². The van der Waals surface area contributed by atoms with Crippen molar-refractivity contribution in [1.82, 2.24) is 0 Å². The van der Waals surface area contributed by atoms with Crippen LogP contribution < -0.4 is 0 Å². The van der Waals surface area contributed by atoms with Gasteiger partial charge in [0.2, 0.25) is 0 Å². The number of carbonyl (C=O) groups excluding carboxylic acids is 3. The summed E-state index contributed by atoms with van der Waals surface area (Å²) in [5.74, 6) is -1.35. The summed E-state index contributed by atoms with van der Waals surface area (Å²) in [6.07, 6.45) is 1.16. The van der Waals surface area contributed by atoms with Crippen LogP contribution in [0.2, 0.25) is 0 Å². The fourth-order valence-electron chi connectivity index (χ4n) is 1.10. The summed E-state index contributed by atoms with van der Waals surface area (Å²) in [6.45, 7) is 4.24. The van der Waals surface area contributed by atoms with Crippen molar-refractivity contribution < 1.29 is 28.6 Å². The molecule has 104 valence electrons. The van der Waals surface area contributed by atoms with Gasteiger partial charge in [-0.3, -0.25) is 14.4 Å². The highest BCUT2D eigenvalue weighted by molar-refractivity contribution is 5.70. The summed E-state index contributed by atoms with van der Waals surface area (Å²) < 4.78 is 14.5. The molecule has 0 unspecified atom stereocenters. The Bertz CT molecular complexity index is 268. The van der Waals surface area contributed by atoms with Gasteiger partial charge in [0.1, 0.15) is 13.2 Å². The van der Waals surface area contributed by atoms with E-state index < -0.39 is 18.0 Å². The quantitative estimate of drug-likeness (QED) is 0.482. The van der Waals surface area contributed by atoms with Crippen LogP contribution in [-0.4, -0.2) is 37.2 Å². The van der Waals surface area contributed by atoms with Gasteiger partial charge >= 0.3 is 17.9 Å². The van der Waals surface area contributed by atoms with Crippen molar-refractivity contribution in [3.63, 3.8) is 0 Å². The molecular weight excluding hydrogens is 240 g/mol. The van der Waals surface area contributed by atoms with E-state index in [4.69, 9.17) is 14.2 Å². The fraction of sp³-hybridized carbons (Fsp3) is 0.750. The standard InChI is InChI=1S/C12H20O6/c1-4-5-6-12(15)18-11(7-16-9(2)13)8-17-10(3)14/h11H,4-8H2,1-3H3. The van der Waals surface area contributed by atoms with E-state index >= 15 is 0 Å². The van der Waals surface area contributed by atoms with Crippen LogP contribution in [0.15, 0.2) is 0 Å². The highest BCUT2D eigenvalue weighted by Gasteiger charge is 2.17. The van der Waals surface area contributed by atoms with Crippen LogP contribution in [0.3, 0.4) is 0 Å². The molecule has 0 fully saturated rings. The molecular formula is C12H20O6. The molecule has 0 aliphatic heterocycles. The Hall–Kier alpha value is -1.59. The number of esters is 3. The monoisotopic (exact) mass is 260 g/mol. The maximum Gasteiger partial charge on any atom is 0.306 e. The Kier molecular flexibility index (Phi) is 8.61. The SMILES string of the molecule is CCCCC(=O)OC(COC(C)=O)COC(C)=O. The first-order valence-corrected chi connectivity index (χ1v) is 5.91. The molecule has 0 heterocycles. The topological polar surface area (TPSA) is 78.9 Å². The molecule has 0 radical (unpaired) electrons. The molecule has 0 rings (SSSR count). The summed E-state index contributed by atoms with van der Waals surface area (Å²) in [4.78, 5) is 32.7. The van der Waals surface area contributed by atoms with Crippen LogP contribution >= 0.6 is 0 Å². The molecule has 0 spiro atoms. The van der Waals surface area contributed by atoms with Crippen molar-refractivity contribution in [1.29, 1.82) is 0 Å². The zero-order valence-corrected chi connectivity index (χ0v) is 11.1. The zero-order valence-electron chi connectivity index (χ0n) is 11.1. The maximum absolute atomic E-state index is 11.4.